The van der Waals surface area contributed by atoms with Gasteiger partial charge in [-0.05, 0) is 47.4 Å². The second kappa shape index (κ2) is 7.57. The molecule has 0 aliphatic rings. The molecule has 1 amide bonds. The maximum atomic E-state index is 12.3. The lowest BCUT2D eigenvalue weighted by Gasteiger charge is -2.11. The number of carbonyl (C=O) groups is 1. The number of nitro benzene ring substituents is 1. The van der Waals surface area contributed by atoms with Gasteiger partial charge in [-0.25, -0.2) is 0 Å². The number of benzene rings is 2. The summed E-state index contributed by atoms with van der Waals surface area (Å²) in [6.45, 7) is 1.93. The molecule has 1 aromatic heterocycles. The third-order valence-corrected chi connectivity index (χ3v) is 4.04. The standard InChI is InChI=1S/C20H17N3O3/c1-14-2-5-17(16-8-10-21-11-9-16)13-19(14)22-20(24)12-15-3-6-18(7-4-15)23(25)26/h2-11,13H,12H2,1H3,(H,22,24). The van der Waals surface area contributed by atoms with Crippen LogP contribution in [0.25, 0.3) is 11.1 Å². The number of hydrogen-bond acceptors (Lipinski definition) is 4. The van der Waals surface area contributed by atoms with Gasteiger partial charge < -0.3 is 5.32 Å². The van der Waals surface area contributed by atoms with Gasteiger partial charge in [-0.1, -0.05) is 24.3 Å². The largest absolute Gasteiger partial charge is 0.326 e. The lowest BCUT2D eigenvalue weighted by Crippen LogP contribution is -2.15. The molecule has 130 valence electrons. The highest BCUT2D eigenvalue weighted by Crippen LogP contribution is 2.25. The van der Waals surface area contributed by atoms with Gasteiger partial charge >= 0.3 is 0 Å². The van der Waals surface area contributed by atoms with E-state index in [0.717, 1.165) is 27.9 Å². The van der Waals surface area contributed by atoms with Crippen molar-refractivity contribution in [3.8, 4) is 11.1 Å². The maximum absolute atomic E-state index is 12.3. The van der Waals surface area contributed by atoms with E-state index in [2.05, 4.69) is 10.3 Å². The lowest BCUT2D eigenvalue weighted by atomic mass is 10.0. The van der Waals surface area contributed by atoms with Crippen molar-refractivity contribution in [1.29, 1.82) is 0 Å². The number of nitro groups is 1. The van der Waals surface area contributed by atoms with Gasteiger partial charge in [0, 0.05) is 30.2 Å². The number of amides is 1. The number of hydrogen-bond donors (Lipinski definition) is 1. The van der Waals surface area contributed by atoms with E-state index >= 15 is 0 Å². The van der Waals surface area contributed by atoms with Gasteiger partial charge in [-0.3, -0.25) is 19.9 Å². The zero-order valence-electron chi connectivity index (χ0n) is 14.2. The highest BCUT2D eigenvalue weighted by Gasteiger charge is 2.10. The maximum Gasteiger partial charge on any atom is 0.269 e. The SMILES string of the molecule is Cc1ccc(-c2ccncc2)cc1NC(=O)Cc1ccc([N+](=O)[O-])cc1. The average Bonchev–Trinajstić information content (AvgIpc) is 2.64. The minimum Gasteiger partial charge on any atom is -0.326 e. The lowest BCUT2D eigenvalue weighted by molar-refractivity contribution is -0.384. The van der Waals surface area contributed by atoms with Gasteiger partial charge in [0.25, 0.3) is 5.69 Å². The van der Waals surface area contributed by atoms with E-state index in [0.29, 0.717) is 0 Å². The molecule has 0 radical (unpaired) electrons. The highest BCUT2D eigenvalue weighted by molar-refractivity contribution is 5.93. The van der Waals surface area contributed by atoms with Crippen LogP contribution in [0.4, 0.5) is 11.4 Å². The van der Waals surface area contributed by atoms with Crippen LogP contribution < -0.4 is 5.32 Å². The topological polar surface area (TPSA) is 85.1 Å². The molecule has 0 bridgehead atoms. The van der Waals surface area contributed by atoms with Crippen LogP contribution in [0.1, 0.15) is 11.1 Å². The summed E-state index contributed by atoms with van der Waals surface area (Å²) in [7, 11) is 0. The van der Waals surface area contributed by atoms with Crippen molar-refractivity contribution in [2.24, 2.45) is 0 Å². The van der Waals surface area contributed by atoms with Gasteiger partial charge in [-0.2, -0.15) is 0 Å². The molecule has 2 aromatic carbocycles. The first-order chi connectivity index (χ1) is 12.5. The molecule has 0 saturated carbocycles. The summed E-state index contributed by atoms with van der Waals surface area (Å²) >= 11 is 0. The minimum atomic E-state index is -0.461. The Kier molecular flexibility index (Phi) is 5.03. The normalized spacial score (nSPS) is 10.3. The summed E-state index contributed by atoms with van der Waals surface area (Å²) in [4.78, 5) is 26.6. The summed E-state index contributed by atoms with van der Waals surface area (Å²) in [6.07, 6.45) is 3.60. The van der Waals surface area contributed by atoms with Gasteiger partial charge in [0.05, 0.1) is 11.3 Å². The van der Waals surface area contributed by atoms with Crippen molar-refractivity contribution in [3.05, 3.63) is 88.2 Å². The van der Waals surface area contributed by atoms with Crippen molar-refractivity contribution in [2.45, 2.75) is 13.3 Å². The summed E-state index contributed by atoms with van der Waals surface area (Å²) in [5, 5.41) is 13.6. The van der Waals surface area contributed by atoms with E-state index in [1.165, 1.54) is 12.1 Å². The predicted molar refractivity (Wildman–Crippen MR) is 99.8 cm³/mol. The number of pyridine rings is 1. The van der Waals surface area contributed by atoms with E-state index in [1.54, 1.807) is 24.5 Å². The Labute approximate surface area is 150 Å². The molecule has 0 atom stereocenters. The van der Waals surface area contributed by atoms with E-state index < -0.39 is 4.92 Å². The fraction of sp³-hybridized carbons (Fsp3) is 0.100. The quantitative estimate of drug-likeness (QED) is 0.555. The zero-order chi connectivity index (χ0) is 18.5. The molecule has 26 heavy (non-hydrogen) atoms. The first kappa shape index (κ1) is 17.3. The van der Waals surface area contributed by atoms with Crippen molar-refractivity contribution < 1.29 is 9.72 Å². The smallest absolute Gasteiger partial charge is 0.269 e. The summed E-state index contributed by atoms with van der Waals surface area (Å²) in [5.41, 5.74) is 4.44. The van der Waals surface area contributed by atoms with Crippen LogP contribution in [0.2, 0.25) is 0 Å². The van der Waals surface area contributed by atoms with Crippen LogP contribution in [0.3, 0.4) is 0 Å². The molecule has 0 saturated heterocycles. The monoisotopic (exact) mass is 347 g/mol. The Morgan fingerprint density at radius 1 is 1.04 bits per heavy atom. The van der Waals surface area contributed by atoms with Crippen molar-refractivity contribution in [3.63, 3.8) is 0 Å². The number of aromatic nitrogens is 1. The van der Waals surface area contributed by atoms with Crippen molar-refractivity contribution >= 4 is 17.3 Å². The van der Waals surface area contributed by atoms with Gasteiger partial charge in [0.2, 0.25) is 5.91 Å². The Morgan fingerprint density at radius 3 is 2.38 bits per heavy atom. The average molecular weight is 347 g/mol. The van der Waals surface area contributed by atoms with E-state index in [-0.39, 0.29) is 18.0 Å². The first-order valence-electron chi connectivity index (χ1n) is 8.07. The van der Waals surface area contributed by atoms with Crippen LogP contribution in [0.5, 0.6) is 0 Å². The van der Waals surface area contributed by atoms with Crippen LogP contribution in [0.15, 0.2) is 67.0 Å². The molecule has 6 nitrogen and oxygen atoms in total. The number of anilines is 1. The molecule has 0 spiro atoms. The fourth-order valence-corrected chi connectivity index (χ4v) is 2.60. The number of non-ortho nitro benzene ring substituents is 1. The summed E-state index contributed by atoms with van der Waals surface area (Å²) in [5.74, 6) is -0.172. The Bertz CT molecular complexity index is 938. The third-order valence-electron chi connectivity index (χ3n) is 4.04. The molecule has 1 N–H and O–H groups in total. The molecule has 0 aliphatic carbocycles. The zero-order valence-corrected chi connectivity index (χ0v) is 14.2. The van der Waals surface area contributed by atoms with Gasteiger partial charge in [0.15, 0.2) is 0 Å². The molecule has 1 heterocycles. The third kappa shape index (κ3) is 4.10. The number of carbonyl (C=O) groups excluding carboxylic acids is 1. The van der Waals surface area contributed by atoms with Crippen LogP contribution in [0, 0.1) is 17.0 Å². The highest BCUT2D eigenvalue weighted by atomic mass is 16.6. The number of nitrogens with zero attached hydrogens (tertiary/aromatic N) is 2. The van der Waals surface area contributed by atoms with Gasteiger partial charge in [-0.15, -0.1) is 0 Å². The molecular weight excluding hydrogens is 330 g/mol. The number of aryl methyl sites for hydroxylation is 1. The van der Waals surface area contributed by atoms with E-state index in [1.807, 2.05) is 37.3 Å². The van der Waals surface area contributed by atoms with E-state index in [4.69, 9.17) is 0 Å². The molecule has 0 fully saturated rings. The molecule has 3 aromatic rings. The van der Waals surface area contributed by atoms with Crippen LogP contribution in [-0.4, -0.2) is 15.8 Å². The van der Waals surface area contributed by atoms with Crippen molar-refractivity contribution in [1.82, 2.24) is 4.98 Å². The fourth-order valence-electron chi connectivity index (χ4n) is 2.60. The Morgan fingerprint density at radius 2 is 1.73 bits per heavy atom. The summed E-state index contributed by atoms with van der Waals surface area (Å²) < 4.78 is 0. The van der Waals surface area contributed by atoms with Crippen LogP contribution in [-0.2, 0) is 11.2 Å². The van der Waals surface area contributed by atoms with Crippen LogP contribution >= 0.6 is 0 Å². The molecule has 3 rings (SSSR count). The van der Waals surface area contributed by atoms with E-state index in [9.17, 15) is 14.9 Å². The Balaban J connectivity index is 1.73. The van der Waals surface area contributed by atoms with Crippen molar-refractivity contribution in [2.75, 3.05) is 5.32 Å². The second-order valence-electron chi connectivity index (χ2n) is 5.91. The number of rotatable bonds is 5. The predicted octanol–water partition coefficient (Wildman–Crippen LogP) is 4.15. The Hall–Kier alpha value is -3.54. The molecule has 6 heteroatoms. The molecule has 0 unspecified atom stereocenters. The first-order valence-corrected chi connectivity index (χ1v) is 8.07. The second-order valence-corrected chi connectivity index (χ2v) is 5.91. The number of nitrogens with one attached hydrogen (secondary N) is 1. The van der Waals surface area contributed by atoms with Gasteiger partial charge in [0.1, 0.15) is 0 Å². The summed E-state index contributed by atoms with van der Waals surface area (Å²) in [6, 6.07) is 15.7. The molecule has 0 aliphatic heterocycles. The minimum absolute atomic E-state index is 0.00931. The molecular formula is C20H17N3O3.